The Morgan fingerprint density at radius 1 is 1.24 bits per heavy atom. The first-order chi connectivity index (χ1) is 8.22. The minimum atomic E-state index is -0.941. The van der Waals surface area contributed by atoms with Gasteiger partial charge in [0.05, 0.1) is 6.20 Å². The molecule has 0 aliphatic carbocycles. The molecule has 2 rings (SSSR count). The molecular formula is C14H14FNO. The number of aryl methyl sites for hydroxylation is 1. The van der Waals surface area contributed by atoms with Gasteiger partial charge in [0, 0.05) is 11.8 Å². The summed E-state index contributed by atoms with van der Waals surface area (Å²) in [4.78, 5) is 3.66. The molecule has 1 N–H and O–H groups in total. The summed E-state index contributed by atoms with van der Waals surface area (Å²) in [5.41, 5.74) is 2.13. The third-order valence-corrected chi connectivity index (χ3v) is 2.80. The van der Waals surface area contributed by atoms with Crippen molar-refractivity contribution < 1.29 is 9.50 Å². The predicted molar refractivity (Wildman–Crippen MR) is 64.1 cm³/mol. The van der Waals surface area contributed by atoms with E-state index in [0.29, 0.717) is 5.56 Å². The van der Waals surface area contributed by atoms with E-state index in [4.69, 9.17) is 0 Å². The average molecular weight is 231 g/mol. The standard InChI is InChI=1S/C14H14FNO/c1-2-10-3-5-11(6-4-10)14(17)12-7-8-16-9-13(12)15/h3-9,14,17H,2H2,1H3. The highest BCUT2D eigenvalue weighted by Crippen LogP contribution is 2.23. The SMILES string of the molecule is CCc1ccc(C(O)c2ccncc2F)cc1. The Hall–Kier alpha value is -1.74. The Morgan fingerprint density at radius 3 is 2.53 bits per heavy atom. The van der Waals surface area contributed by atoms with Crippen molar-refractivity contribution in [2.45, 2.75) is 19.4 Å². The van der Waals surface area contributed by atoms with Gasteiger partial charge in [0.1, 0.15) is 11.9 Å². The van der Waals surface area contributed by atoms with Gasteiger partial charge in [-0.15, -0.1) is 0 Å². The zero-order valence-corrected chi connectivity index (χ0v) is 9.60. The van der Waals surface area contributed by atoms with Gasteiger partial charge in [-0.3, -0.25) is 4.98 Å². The molecule has 0 aliphatic heterocycles. The molecule has 88 valence electrons. The van der Waals surface area contributed by atoms with Gasteiger partial charge in [-0.25, -0.2) is 4.39 Å². The van der Waals surface area contributed by atoms with Crippen LogP contribution in [0.2, 0.25) is 0 Å². The first-order valence-electron chi connectivity index (χ1n) is 5.58. The number of pyridine rings is 1. The topological polar surface area (TPSA) is 33.1 Å². The number of aromatic nitrogens is 1. The molecule has 2 nitrogen and oxygen atoms in total. The van der Waals surface area contributed by atoms with E-state index in [1.54, 1.807) is 0 Å². The van der Waals surface area contributed by atoms with Crippen LogP contribution >= 0.6 is 0 Å². The zero-order valence-electron chi connectivity index (χ0n) is 9.60. The monoisotopic (exact) mass is 231 g/mol. The van der Waals surface area contributed by atoms with Gasteiger partial charge in [0.2, 0.25) is 0 Å². The lowest BCUT2D eigenvalue weighted by atomic mass is 10.0. The maximum Gasteiger partial charge on any atom is 0.147 e. The summed E-state index contributed by atoms with van der Waals surface area (Å²) in [6, 6.07) is 9.02. The highest BCUT2D eigenvalue weighted by Gasteiger charge is 2.14. The molecule has 1 aromatic heterocycles. The van der Waals surface area contributed by atoms with Crippen LogP contribution in [0.15, 0.2) is 42.7 Å². The van der Waals surface area contributed by atoms with Crippen molar-refractivity contribution in [3.05, 3.63) is 65.2 Å². The molecule has 0 fully saturated rings. The number of hydrogen-bond donors (Lipinski definition) is 1. The highest BCUT2D eigenvalue weighted by molar-refractivity contribution is 5.31. The maximum atomic E-state index is 13.4. The third-order valence-electron chi connectivity index (χ3n) is 2.80. The largest absolute Gasteiger partial charge is 0.384 e. The number of aliphatic hydroxyl groups is 1. The Kier molecular flexibility index (Phi) is 3.49. The summed E-state index contributed by atoms with van der Waals surface area (Å²) in [5.74, 6) is -0.487. The van der Waals surface area contributed by atoms with Crippen LogP contribution in [-0.2, 0) is 6.42 Å². The van der Waals surface area contributed by atoms with Gasteiger partial charge >= 0.3 is 0 Å². The molecule has 0 spiro atoms. The molecule has 1 aromatic carbocycles. The van der Waals surface area contributed by atoms with Crippen LogP contribution in [0.1, 0.15) is 29.7 Å². The predicted octanol–water partition coefficient (Wildman–Crippen LogP) is 2.86. The molecule has 17 heavy (non-hydrogen) atoms. The molecule has 1 atom stereocenters. The zero-order chi connectivity index (χ0) is 12.3. The Morgan fingerprint density at radius 2 is 1.94 bits per heavy atom. The van der Waals surface area contributed by atoms with E-state index >= 15 is 0 Å². The van der Waals surface area contributed by atoms with E-state index in [1.165, 1.54) is 17.8 Å². The van der Waals surface area contributed by atoms with Crippen LogP contribution < -0.4 is 0 Å². The third kappa shape index (κ3) is 2.50. The van der Waals surface area contributed by atoms with Crippen molar-refractivity contribution >= 4 is 0 Å². The Bertz CT molecular complexity index is 496. The fraction of sp³-hybridized carbons (Fsp3) is 0.214. The molecule has 1 unspecified atom stereocenters. The lowest BCUT2D eigenvalue weighted by Crippen LogP contribution is -2.03. The van der Waals surface area contributed by atoms with Crippen molar-refractivity contribution in [2.75, 3.05) is 0 Å². The van der Waals surface area contributed by atoms with Gasteiger partial charge in [0.25, 0.3) is 0 Å². The first kappa shape index (κ1) is 11.7. The summed E-state index contributed by atoms with van der Waals surface area (Å²) in [5, 5.41) is 10.1. The Labute approximate surface area is 99.8 Å². The van der Waals surface area contributed by atoms with Crippen LogP contribution in [0.5, 0.6) is 0 Å². The maximum absolute atomic E-state index is 13.4. The van der Waals surface area contributed by atoms with E-state index in [0.717, 1.165) is 12.6 Å². The van der Waals surface area contributed by atoms with Crippen molar-refractivity contribution in [1.29, 1.82) is 0 Å². The van der Waals surface area contributed by atoms with Crippen molar-refractivity contribution in [3.63, 3.8) is 0 Å². The Balaban J connectivity index is 2.30. The molecule has 0 amide bonds. The number of nitrogens with zero attached hydrogens (tertiary/aromatic N) is 1. The molecule has 0 saturated heterocycles. The second kappa shape index (κ2) is 5.06. The summed E-state index contributed by atoms with van der Waals surface area (Å²) < 4.78 is 13.4. The van der Waals surface area contributed by atoms with Crippen LogP contribution in [0.3, 0.4) is 0 Å². The van der Waals surface area contributed by atoms with E-state index in [1.807, 2.05) is 24.3 Å². The summed E-state index contributed by atoms with van der Waals surface area (Å²) >= 11 is 0. The number of aliphatic hydroxyl groups excluding tert-OH is 1. The first-order valence-corrected chi connectivity index (χ1v) is 5.58. The second-order valence-electron chi connectivity index (χ2n) is 3.89. The number of hydrogen-bond acceptors (Lipinski definition) is 2. The van der Waals surface area contributed by atoms with Crippen LogP contribution in [0.25, 0.3) is 0 Å². The molecule has 2 aromatic rings. The fourth-order valence-electron chi connectivity index (χ4n) is 1.72. The minimum Gasteiger partial charge on any atom is -0.384 e. The van der Waals surface area contributed by atoms with Gasteiger partial charge < -0.3 is 5.11 Å². The molecule has 0 radical (unpaired) electrons. The molecule has 0 saturated carbocycles. The molecule has 0 bridgehead atoms. The number of rotatable bonds is 3. The quantitative estimate of drug-likeness (QED) is 0.881. The summed E-state index contributed by atoms with van der Waals surface area (Å²) in [6.45, 7) is 2.06. The van der Waals surface area contributed by atoms with E-state index in [2.05, 4.69) is 11.9 Å². The number of benzene rings is 1. The van der Waals surface area contributed by atoms with Gasteiger partial charge in [-0.1, -0.05) is 31.2 Å². The lowest BCUT2D eigenvalue weighted by Gasteiger charge is -2.12. The van der Waals surface area contributed by atoms with Crippen molar-refractivity contribution in [2.24, 2.45) is 0 Å². The van der Waals surface area contributed by atoms with Crippen molar-refractivity contribution in [3.8, 4) is 0 Å². The van der Waals surface area contributed by atoms with E-state index < -0.39 is 11.9 Å². The minimum absolute atomic E-state index is 0.254. The van der Waals surface area contributed by atoms with E-state index in [-0.39, 0.29) is 5.56 Å². The van der Waals surface area contributed by atoms with Gasteiger partial charge in [-0.05, 0) is 23.6 Å². The average Bonchev–Trinajstić information content (AvgIpc) is 2.39. The van der Waals surface area contributed by atoms with Crippen LogP contribution in [-0.4, -0.2) is 10.1 Å². The summed E-state index contributed by atoms with van der Waals surface area (Å²) in [7, 11) is 0. The lowest BCUT2D eigenvalue weighted by molar-refractivity contribution is 0.214. The van der Waals surface area contributed by atoms with Gasteiger partial charge in [-0.2, -0.15) is 0 Å². The van der Waals surface area contributed by atoms with Crippen molar-refractivity contribution in [1.82, 2.24) is 4.98 Å². The molecule has 0 aliphatic rings. The smallest absolute Gasteiger partial charge is 0.147 e. The second-order valence-corrected chi connectivity index (χ2v) is 3.89. The molecule has 3 heteroatoms. The highest BCUT2D eigenvalue weighted by atomic mass is 19.1. The summed E-state index contributed by atoms with van der Waals surface area (Å²) in [6.07, 6.45) is 2.59. The molecule has 1 heterocycles. The number of halogens is 1. The fourth-order valence-corrected chi connectivity index (χ4v) is 1.72. The van der Waals surface area contributed by atoms with Crippen LogP contribution in [0, 0.1) is 5.82 Å². The van der Waals surface area contributed by atoms with Crippen LogP contribution in [0.4, 0.5) is 4.39 Å². The normalized spacial score (nSPS) is 12.4. The van der Waals surface area contributed by atoms with E-state index in [9.17, 15) is 9.50 Å². The van der Waals surface area contributed by atoms with Gasteiger partial charge in [0.15, 0.2) is 0 Å². The molecular weight excluding hydrogens is 217 g/mol.